The van der Waals surface area contributed by atoms with Crippen molar-refractivity contribution in [1.29, 1.82) is 0 Å². The van der Waals surface area contributed by atoms with E-state index < -0.39 is 0 Å². The van der Waals surface area contributed by atoms with Crippen LogP contribution in [-0.2, 0) is 12.8 Å². The molecule has 186 valence electrons. The molecule has 37 heavy (non-hydrogen) atoms. The third kappa shape index (κ3) is 4.65. The number of thioether (sulfide) groups is 1. The summed E-state index contributed by atoms with van der Waals surface area (Å²) < 4.78 is 8.97. The summed E-state index contributed by atoms with van der Waals surface area (Å²) >= 11 is 3.68. The van der Waals surface area contributed by atoms with E-state index in [1.807, 2.05) is 11.8 Å². The van der Waals surface area contributed by atoms with Crippen LogP contribution >= 0.6 is 23.1 Å². The zero-order valence-corrected chi connectivity index (χ0v) is 22.4. The van der Waals surface area contributed by atoms with Crippen LogP contribution in [-0.4, -0.2) is 17.3 Å². The molecular weight excluding hydrogens is 492 g/mol. The van der Waals surface area contributed by atoms with Crippen LogP contribution in [0.3, 0.4) is 0 Å². The van der Waals surface area contributed by atoms with Gasteiger partial charge in [0.25, 0.3) is 0 Å². The first kappa shape index (κ1) is 23.3. The van der Waals surface area contributed by atoms with E-state index in [1.54, 1.807) is 11.3 Å². The van der Waals surface area contributed by atoms with Gasteiger partial charge in [-0.05, 0) is 76.9 Å². The number of hydrogen-bond donors (Lipinski definition) is 1. The Morgan fingerprint density at radius 1 is 0.865 bits per heavy atom. The van der Waals surface area contributed by atoms with E-state index in [0.717, 1.165) is 36.3 Å². The highest BCUT2D eigenvalue weighted by molar-refractivity contribution is 8.01. The fourth-order valence-corrected chi connectivity index (χ4v) is 8.02. The molecule has 2 aliphatic heterocycles. The van der Waals surface area contributed by atoms with E-state index in [-0.39, 0.29) is 0 Å². The largest absolute Gasteiger partial charge is 0.493 e. The maximum Gasteiger partial charge on any atom is 0.151 e. The Kier molecular flexibility index (Phi) is 6.37. The van der Waals surface area contributed by atoms with E-state index in [0.29, 0.717) is 18.7 Å². The van der Waals surface area contributed by atoms with Crippen LogP contribution in [0.15, 0.2) is 83.2 Å². The topological polar surface area (TPSA) is 34.1 Å². The van der Waals surface area contributed by atoms with Crippen molar-refractivity contribution in [1.82, 2.24) is 10.3 Å². The van der Waals surface area contributed by atoms with Crippen LogP contribution < -0.4 is 10.1 Å². The summed E-state index contributed by atoms with van der Waals surface area (Å²) in [6, 6.07) is 29.5. The van der Waals surface area contributed by atoms with Crippen molar-refractivity contribution in [2.24, 2.45) is 0 Å². The quantitative estimate of drug-likeness (QED) is 0.156. The molecule has 0 radical (unpaired) electrons. The van der Waals surface area contributed by atoms with Gasteiger partial charge < -0.3 is 10.1 Å². The van der Waals surface area contributed by atoms with Crippen molar-refractivity contribution in [3.63, 3.8) is 0 Å². The number of aromatic nitrogens is 1. The molecule has 2 unspecified atom stereocenters. The molecule has 4 aromatic carbocycles. The number of nitrogens with one attached hydrogen (secondary N) is 1. The molecule has 0 aliphatic carbocycles. The van der Waals surface area contributed by atoms with Crippen molar-refractivity contribution < 1.29 is 4.74 Å². The number of ether oxygens (including phenoxy) is 1. The van der Waals surface area contributed by atoms with Crippen molar-refractivity contribution in [3.05, 3.63) is 101 Å². The third-order valence-electron chi connectivity index (χ3n) is 7.76. The molecule has 0 spiro atoms. The number of nitrogens with zero attached hydrogens (tertiary/aromatic N) is 1. The Morgan fingerprint density at radius 3 is 2.59 bits per heavy atom. The maximum absolute atomic E-state index is 6.53. The van der Waals surface area contributed by atoms with Gasteiger partial charge in [0.15, 0.2) is 4.34 Å². The lowest BCUT2D eigenvalue weighted by Gasteiger charge is -2.19. The van der Waals surface area contributed by atoms with Crippen LogP contribution in [0.1, 0.15) is 53.6 Å². The second-order valence-electron chi connectivity index (χ2n) is 10.1. The summed E-state index contributed by atoms with van der Waals surface area (Å²) in [5, 5.41) is 6.41. The van der Waals surface area contributed by atoms with Crippen LogP contribution in [0, 0.1) is 0 Å². The van der Waals surface area contributed by atoms with Crippen molar-refractivity contribution in [2.75, 3.05) is 12.4 Å². The molecule has 1 N–H and O–H groups in total. The van der Waals surface area contributed by atoms with E-state index in [4.69, 9.17) is 9.72 Å². The standard InChI is InChI=1S/C32H30N2OS2/c1-2-11-24-21(7-1)8-5-9-22(24)16-17-35-30-20-26-25(27-14-15-28(26)33-27)19-23(30)10-6-18-36-32-34-29-12-3-4-13-31(29)37-32/h1-5,7-9,11-13,19-20,27-28,33H,6,10,14-18H2. The van der Waals surface area contributed by atoms with E-state index in [1.165, 1.54) is 54.9 Å². The molecule has 1 aromatic heterocycles. The zero-order chi connectivity index (χ0) is 24.6. The lowest BCUT2D eigenvalue weighted by molar-refractivity contribution is 0.318. The number of thiazole rings is 1. The molecule has 5 aromatic rings. The van der Waals surface area contributed by atoms with Crippen molar-refractivity contribution in [2.45, 2.75) is 48.5 Å². The second-order valence-corrected chi connectivity index (χ2v) is 12.4. The minimum atomic E-state index is 0.504. The lowest BCUT2D eigenvalue weighted by Crippen LogP contribution is -2.07. The highest BCUT2D eigenvalue weighted by Crippen LogP contribution is 2.47. The van der Waals surface area contributed by atoms with Gasteiger partial charge in [0, 0.05) is 24.3 Å². The van der Waals surface area contributed by atoms with Gasteiger partial charge in [0.05, 0.1) is 16.8 Å². The van der Waals surface area contributed by atoms with Gasteiger partial charge in [-0.3, -0.25) is 0 Å². The molecule has 3 heterocycles. The first-order chi connectivity index (χ1) is 18.3. The van der Waals surface area contributed by atoms with Crippen LogP contribution in [0.25, 0.3) is 21.0 Å². The molecule has 2 bridgehead atoms. The summed E-state index contributed by atoms with van der Waals surface area (Å²) in [5.74, 6) is 2.15. The second kappa shape index (κ2) is 10.1. The van der Waals surface area contributed by atoms with Gasteiger partial charge in [-0.1, -0.05) is 72.4 Å². The molecule has 1 fully saturated rings. The van der Waals surface area contributed by atoms with E-state index >= 15 is 0 Å². The molecule has 2 aliphatic rings. The van der Waals surface area contributed by atoms with Gasteiger partial charge in [-0.25, -0.2) is 4.98 Å². The molecule has 3 nitrogen and oxygen atoms in total. The first-order valence-corrected chi connectivity index (χ1v) is 15.1. The summed E-state index contributed by atoms with van der Waals surface area (Å²) in [6.07, 6.45) is 5.56. The monoisotopic (exact) mass is 522 g/mol. The number of fused-ring (bicyclic) bond motifs is 7. The van der Waals surface area contributed by atoms with E-state index in [9.17, 15) is 0 Å². The highest BCUT2D eigenvalue weighted by Gasteiger charge is 2.37. The third-order valence-corrected chi connectivity index (χ3v) is 10.0. The zero-order valence-electron chi connectivity index (χ0n) is 20.8. The van der Waals surface area contributed by atoms with Gasteiger partial charge in [0.1, 0.15) is 5.75 Å². The number of hydrogen-bond acceptors (Lipinski definition) is 5. The Labute approximate surface area is 226 Å². The highest BCUT2D eigenvalue weighted by atomic mass is 32.2. The average molecular weight is 523 g/mol. The van der Waals surface area contributed by atoms with E-state index in [2.05, 4.69) is 84.2 Å². The Bertz CT molecular complexity index is 1540. The van der Waals surface area contributed by atoms with Crippen molar-refractivity contribution >= 4 is 44.1 Å². The summed E-state index contributed by atoms with van der Waals surface area (Å²) in [5.41, 5.74) is 6.79. The number of benzene rings is 4. The summed E-state index contributed by atoms with van der Waals surface area (Å²) in [6.45, 7) is 0.696. The SMILES string of the molecule is c1ccc2c(CCOc3cc4c(cc3CCCSc3nc5ccccc5s3)C3CCC4N3)cccc2c1. The maximum atomic E-state index is 6.53. The molecule has 1 saturated heterocycles. The molecule has 0 saturated carbocycles. The molecular formula is C32H30N2OS2. The Morgan fingerprint density at radius 2 is 1.68 bits per heavy atom. The van der Waals surface area contributed by atoms with Crippen LogP contribution in [0.4, 0.5) is 0 Å². The lowest BCUT2D eigenvalue weighted by atomic mass is 9.89. The summed E-state index contributed by atoms with van der Waals surface area (Å²) in [4.78, 5) is 4.79. The summed E-state index contributed by atoms with van der Waals surface area (Å²) in [7, 11) is 0. The number of para-hydroxylation sites is 1. The molecule has 5 heteroatoms. The average Bonchev–Trinajstić information content (AvgIpc) is 3.66. The van der Waals surface area contributed by atoms with Gasteiger partial charge in [0.2, 0.25) is 0 Å². The van der Waals surface area contributed by atoms with Gasteiger partial charge in [-0.15, -0.1) is 11.3 Å². The van der Waals surface area contributed by atoms with Gasteiger partial charge >= 0.3 is 0 Å². The van der Waals surface area contributed by atoms with Crippen LogP contribution in [0.2, 0.25) is 0 Å². The minimum absolute atomic E-state index is 0.504. The Hall–Kier alpha value is -2.86. The fraction of sp³-hybridized carbons (Fsp3) is 0.281. The van der Waals surface area contributed by atoms with Crippen LogP contribution in [0.5, 0.6) is 5.75 Å². The fourth-order valence-electron chi connectivity index (χ4n) is 5.94. The van der Waals surface area contributed by atoms with Crippen molar-refractivity contribution in [3.8, 4) is 5.75 Å². The predicted molar refractivity (Wildman–Crippen MR) is 156 cm³/mol. The van der Waals surface area contributed by atoms with Gasteiger partial charge in [-0.2, -0.15) is 0 Å². The molecule has 2 atom stereocenters. The number of rotatable bonds is 9. The minimum Gasteiger partial charge on any atom is -0.493 e. The number of aryl methyl sites for hydroxylation is 1. The molecule has 0 amide bonds. The first-order valence-electron chi connectivity index (χ1n) is 13.3. The smallest absolute Gasteiger partial charge is 0.151 e. The molecule has 7 rings (SSSR count). The normalized spacial score (nSPS) is 18.1. The Balaban J connectivity index is 1.05. The predicted octanol–water partition coefficient (Wildman–Crippen LogP) is 8.28.